The van der Waals surface area contributed by atoms with E-state index in [4.69, 9.17) is 5.11 Å². The molecule has 3 rings (SSSR count). The van der Waals surface area contributed by atoms with E-state index in [1.165, 1.54) is 5.56 Å². The second-order valence-electron chi connectivity index (χ2n) is 6.50. The Morgan fingerprint density at radius 3 is 2.40 bits per heavy atom. The molecule has 2 amide bonds. The number of nitrogens with one attached hydrogen (secondary N) is 2. The van der Waals surface area contributed by atoms with Crippen molar-refractivity contribution in [2.75, 3.05) is 6.61 Å². The fourth-order valence-corrected chi connectivity index (χ4v) is 3.10. The molecule has 4 heteroatoms. The first-order chi connectivity index (χ1) is 12.2. The van der Waals surface area contributed by atoms with Crippen LogP contribution in [0.5, 0.6) is 0 Å². The number of carbonyl (C=O) groups excluding carboxylic acids is 1. The quantitative estimate of drug-likeness (QED) is 0.730. The zero-order valence-corrected chi connectivity index (χ0v) is 14.4. The zero-order chi connectivity index (χ0) is 17.6. The highest BCUT2D eigenvalue weighted by Crippen LogP contribution is 2.22. The van der Waals surface area contributed by atoms with Crippen molar-refractivity contribution in [3.8, 4) is 11.1 Å². The van der Waals surface area contributed by atoms with Crippen LogP contribution in [0.2, 0.25) is 0 Å². The molecule has 2 aromatic rings. The lowest BCUT2D eigenvalue weighted by atomic mass is 10.0. The monoisotopic (exact) mass is 336 g/mol. The van der Waals surface area contributed by atoms with Gasteiger partial charge in [0.15, 0.2) is 0 Å². The minimum atomic E-state index is -0.187. The van der Waals surface area contributed by atoms with Crippen LogP contribution < -0.4 is 10.6 Å². The Hall–Kier alpha value is -2.59. The molecule has 0 spiro atoms. The van der Waals surface area contributed by atoms with Crippen LogP contribution in [-0.2, 0) is 0 Å². The highest BCUT2D eigenvalue weighted by atomic mass is 16.3. The van der Waals surface area contributed by atoms with Crippen molar-refractivity contribution in [2.24, 2.45) is 5.92 Å². The average Bonchev–Trinajstić information content (AvgIpc) is 3.10. The smallest absolute Gasteiger partial charge is 0.315 e. The number of aliphatic hydroxyl groups excluding tert-OH is 1. The Morgan fingerprint density at radius 1 is 1.08 bits per heavy atom. The second-order valence-corrected chi connectivity index (χ2v) is 6.50. The van der Waals surface area contributed by atoms with Gasteiger partial charge in [-0.15, -0.1) is 0 Å². The number of amides is 2. The summed E-state index contributed by atoms with van der Waals surface area (Å²) in [6.45, 7) is 2.10. The summed E-state index contributed by atoms with van der Waals surface area (Å²) in [5.41, 5.74) is 3.40. The van der Waals surface area contributed by atoms with Gasteiger partial charge in [0.25, 0.3) is 0 Å². The Labute approximate surface area is 148 Å². The fourth-order valence-electron chi connectivity index (χ4n) is 3.10. The summed E-state index contributed by atoms with van der Waals surface area (Å²) >= 11 is 0. The molecule has 0 bridgehead atoms. The SMILES string of the molecule is CC(NC(=O)N[C@@H]1C=C[C@H](CO)C1)c1ccc(-c2ccccc2)cc1. The topological polar surface area (TPSA) is 61.4 Å². The Kier molecular flexibility index (Phi) is 5.51. The molecule has 25 heavy (non-hydrogen) atoms. The number of rotatable bonds is 5. The molecular formula is C21H24N2O2. The Bertz CT molecular complexity index is 725. The van der Waals surface area contributed by atoms with E-state index in [0.717, 1.165) is 17.5 Å². The van der Waals surface area contributed by atoms with Crippen molar-refractivity contribution in [1.82, 2.24) is 10.6 Å². The van der Waals surface area contributed by atoms with Crippen LogP contribution in [0.15, 0.2) is 66.7 Å². The normalized spacial score (nSPS) is 20.2. The molecule has 3 N–H and O–H groups in total. The van der Waals surface area contributed by atoms with Crippen LogP contribution in [0.4, 0.5) is 4.79 Å². The molecule has 1 aliphatic rings. The van der Waals surface area contributed by atoms with Crippen LogP contribution in [-0.4, -0.2) is 23.8 Å². The zero-order valence-electron chi connectivity index (χ0n) is 14.4. The van der Waals surface area contributed by atoms with E-state index >= 15 is 0 Å². The summed E-state index contributed by atoms with van der Waals surface area (Å²) in [6.07, 6.45) is 4.65. The fraction of sp³-hybridized carbons (Fsp3) is 0.286. The van der Waals surface area contributed by atoms with Crippen molar-refractivity contribution in [3.63, 3.8) is 0 Å². The van der Waals surface area contributed by atoms with Gasteiger partial charge in [-0.1, -0.05) is 66.7 Å². The van der Waals surface area contributed by atoms with Gasteiger partial charge in [0.1, 0.15) is 0 Å². The molecule has 2 aromatic carbocycles. The lowest BCUT2D eigenvalue weighted by Crippen LogP contribution is -2.41. The number of hydrogen-bond acceptors (Lipinski definition) is 2. The molecule has 0 radical (unpaired) electrons. The minimum absolute atomic E-state index is 0.00944. The summed E-state index contributed by atoms with van der Waals surface area (Å²) in [7, 11) is 0. The van der Waals surface area contributed by atoms with Gasteiger partial charge in [-0.25, -0.2) is 4.79 Å². The predicted molar refractivity (Wildman–Crippen MR) is 100 cm³/mol. The van der Waals surface area contributed by atoms with E-state index in [2.05, 4.69) is 34.9 Å². The van der Waals surface area contributed by atoms with Crippen LogP contribution in [0.1, 0.15) is 24.9 Å². The summed E-state index contributed by atoms with van der Waals surface area (Å²) in [5, 5.41) is 15.0. The maximum atomic E-state index is 12.1. The van der Waals surface area contributed by atoms with Crippen molar-refractivity contribution >= 4 is 6.03 Å². The molecule has 0 saturated carbocycles. The molecule has 130 valence electrons. The van der Waals surface area contributed by atoms with Gasteiger partial charge < -0.3 is 15.7 Å². The van der Waals surface area contributed by atoms with Gasteiger partial charge in [0.2, 0.25) is 0 Å². The van der Waals surface area contributed by atoms with E-state index in [0.29, 0.717) is 0 Å². The van der Waals surface area contributed by atoms with Crippen LogP contribution in [0.3, 0.4) is 0 Å². The van der Waals surface area contributed by atoms with E-state index in [-0.39, 0.29) is 30.6 Å². The number of urea groups is 1. The lowest BCUT2D eigenvalue weighted by molar-refractivity contribution is 0.229. The molecule has 3 atom stereocenters. The minimum Gasteiger partial charge on any atom is -0.396 e. The first-order valence-corrected chi connectivity index (χ1v) is 8.67. The number of carbonyl (C=O) groups is 1. The highest BCUT2D eigenvalue weighted by Gasteiger charge is 2.20. The summed E-state index contributed by atoms with van der Waals surface area (Å²) in [5.74, 6) is 0.147. The van der Waals surface area contributed by atoms with E-state index in [1.807, 2.05) is 49.4 Å². The van der Waals surface area contributed by atoms with E-state index < -0.39 is 0 Å². The van der Waals surface area contributed by atoms with Gasteiger partial charge in [-0.2, -0.15) is 0 Å². The van der Waals surface area contributed by atoms with Crippen molar-refractivity contribution in [3.05, 3.63) is 72.3 Å². The highest BCUT2D eigenvalue weighted by molar-refractivity contribution is 5.75. The molecule has 1 unspecified atom stereocenters. The number of aliphatic hydroxyl groups is 1. The van der Waals surface area contributed by atoms with Gasteiger partial charge in [-0.05, 0) is 30.0 Å². The van der Waals surface area contributed by atoms with Crippen LogP contribution >= 0.6 is 0 Å². The third-order valence-corrected chi connectivity index (χ3v) is 4.59. The standard InChI is InChI=1S/C21H24N2O2/c1-15(22-21(25)23-20-12-7-16(13-20)14-24)17-8-10-19(11-9-17)18-5-3-2-4-6-18/h2-12,15-16,20,24H,13-14H2,1H3,(H2,22,23,25)/t15?,16-,20+/m0/s1. The van der Waals surface area contributed by atoms with Gasteiger partial charge in [0.05, 0.1) is 6.04 Å². The van der Waals surface area contributed by atoms with Gasteiger partial charge in [0, 0.05) is 18.6 Å². The third-order valence-electron chi connectivity index (χ3n) is 4.59. The Balaban J connectivity index is 1.55. The number of benzene rings is 2. The van der Waals surface area contributed by atoms with E-state index in [9.17, 15) is 4.79 Å². The lowest BCUT2D eigenvalue weighted by Gasteiger charge is -2.18. The van der Waals surface area contributed by atoms with E-state index in [1.54, 1.807) is 0 Å². The molecule has 0 aliphatic heterocycles. The number of hydrogen-bond donors (Lipinski definition) is 3. The summed E-state index contributed by atoms with van der Waals surface area (Å²) in [4.78, 5) is 12.1. The maximum absolute atomic E-state index is 12.1. The molecule has 4 nitrogen and oxygen atoms in total. The molecule has 1 aliphatic carbocycles. The Morgan fingerprint density at radius 2 is 1.76 bits per heavy atom. The molecule has 0 fully saturated rings. The first kappa shape index (κ1) is 17.2. The second kappa shape index (κ2) is 7.99. The molecule has 0 saturated heterocycles. The molecule has 0 aromatic heterocycles. The molecule has 0 heterocycles. The van der Waals surface area contributed by atoms with Crippen LogP contribution in [0.25, 0.3) is 11.1 Å². The van der Waals surface area contributed by atoms with Gasteiger partial charge >= 0.3 is 6.03 Å². The average molecular weight is 336 g/mol. The van der Waals surface area contributed by atoms with Crippen molar-refractivity contribution in [1.29, 1.82) is 0 Å². The van der Waals surface area contributed by atoms with Gasteiger partial charge in [-0.3, -0.25) is 0 Å². The largest absolute Gasteiger partial charge is 0.396 e. The van der Waals surface area contributed by atoms with Crippen molar-refractivity contribution in [2.45, 2.75) is 25.4 Å². The summed E-state index contributed by atoms with van der Waals surface area (Å²) in [6, 6.07) is 18.2. The first-order valence-electron chi connectivity index (χ1n) is 8.67. The van der Waals surface area contributed by atoms with Crippen molar-refractivity contribution < 1.29 is 9.90 Å². The third kappa shape index (κ3) is 4.48. The molecular weight excluding hydrogens is 312 g/mol. The predicted octanol–water partition coefficient (Wildman–Crippen LogP) is 3.65. The maximum Gasteiger partial charge on any atom is 0.315 e. The summed E-state index contributed by atoms with van der Waals surface area (Å²) < 4.78 is 0. The van der Waals surface area contributed by atoms with Crippen LogP contribution in [0, 0.1) is 5.92 Å².